The van der Waals surface area contributed by atoms with E-state index in [0.717, 1.165) is 11.5 Å². The zero-order chi connectivity index (χ0) is 12.3. The first kappa shape index (κ1) is 11.4. The summed E-state index contributed by atoms with van der Waals surface area (Å²) in [6.45, 7) is 4.15. The summed E-state index contributed by atoms with van der Waals surface area (Å²) >= 11 is 0. The SMILES string of the molecule is Cc1cc(C(=O)NCCc2ccc(C)o2)no1. The number of aromatic nitrogens is 1. The van der Waals surface area contributed by atoms with E-state index in [1.165, 1.54) is 0 Å². The molecule has 0 bridgehead atoms. The van der Waals surface area contributed by atoms with Gasteiger partial charge in [0.2, 0.25) is 0 Å². The first-order chi connectivity index (χ1) is 8.15. The molecule has 5 nitrogen and oxygen atoms in total. The van der Waals surface area contributed by atoms with Crippen LogP contribution in [0, 0.1) is 13.8 Å². The van der Waals surface area contributed by atoms with Crippen molar-refractivity contribution < 1.29 is 13.7 Å². The maximum Gasteiger partial charge on any atom is 0.273 e. The zero-order valence-corrected chi connectivity index (χ0v) is 9.82. The van der Waals surface area contributed by atoms with Crippen LogP contribution in [0.25, 0.3) is 0 Å². The highest BCUT2D eigenvalue weighted by molar-refractivity contribution is 5.92. The summed E-state index contributed by atoms with van der Waals surface area (Å²) in [6, 6.07) is 5.41. The Kier molecular flexibility index (Phi) is 3.27. The van der Waals surface area contributed by atoms with Crippen molar-refractivity contribution in [3.8, 4) is 0 Å². The molecule has 0 aliphatic heterocycles. The average molecular weight is 234 g/mol. The second kappa shape index (κ2) is 4.86. The predicted octanol–water partition coefficient (Wildman–Crippen LogP) is 1.86. The number of nitrogens with one attached hydrogen (secondary N) is 1. The van der Waals surface area contributed by atoms with Gasteiger partial charge in [-0.05, 0) is 26.0 Å². The van der Waals surface area contributed by atoms with Crippen molar-refractivity contribution in [3.05, 3.63) is 41.2 Å². The molecule has 0 spiro atoms. The van der Waals surface area contributed by atoms with E-state index in [-0.39, 0.29) is 5.91 Å². The second-order valence-electron chi connectivity index (χ2n) is 3.84. The van der Waals surface area contributed by atoms with Crippen LogP contribution < -0.4 is 5.32 Å². The van der Waals surface area contributed by atoms with Crippen molar-refractivity contribution in [1.29, 1.82) is 0 Å². The summed E-state index contributed by atoms with van der Waals surface area (Å²) in [5, 5.41) is 6.38. The summed E-state index contributed by atoms with van der Waals surface area (Å²) in [5.41, 5.74) is 0.304. The van der Waals surface area contributed by atoms with Gasteiger partial charge < -0.3 is 14.3 Å². The number of furan rings is 1. The number of hydrogen-bond donors (Lipinski definition) is 1. The Morgan fingerprint density at radius 1 is 1.35 bits per heavy atom. The molecule has 1 amide bonds. The number of carbonyl (C=O) groups excluding carboxylic acids is 1. The van der Waals surface area contributed by atoms with E-state index in [0.29, 0.717) is 24.4 Å². The van der Waals surface area contributed by atoms with Crippen LogP contribution in [-0.2, 0) is 6.42 Å². The molecule has 1 N–H and O–H groups in total. The number of aryl methyl sites for hydroxylation is 2. The molecule has 5 heteroatoms. The van der Waals surface area contributed by atoms with Crippen molar-refractivity contribution in [1.82, 2.24) is 10.5 Å². The second-order valence-corrected chi connectivity index (χ2v) is 3.84. The minimum Gasteiger partial charge on any atom is -0.466 e. The Bertz CT molecular complexity index is 513. The van der Waals surface area contributed by atoms with Crippen LogP contribution in [0.3, 0.4) is 0 Å². The van der Waals surface area contributed by atoms with Crippen molar-refractivity contribution in [3.63, 3.8) is 0 Å². The van der Waals surface area contributed by atoms with E-state index >= 15 is 0 Å². The summed E-state index contributed by atoms with van der Waals surface area (Å²) in [4.78, 5) is 11.6. The number of carbonyl (C=O) groups is 1. The lowest BCUT2D eigenvalue weighted by Crippen LogP contribution is -2.25. The molecule has 90 valence electrons. The van der Waals surface area contributed by atoms with Gasteiger partial charge in [0.1, 0.15) is 17.3 Å². The van der Waals surface area contributed by atoms with Crippen molar-refractivity contribution in [2.45, 2.75) is 20.3 Å². The maximum atomic E-state index is 11.6. The quantitative estimate of drug-likeness (QED) is 0.876. The molecule has 0 radical (unpaired) electrons. The number of rotatable bonds is 4. The van der Waals surface area contributed by atoms with Crippen molar-refractivity contribution in [2.75, 3.05) is 6.54 Å². The molecule has 0 fully saturated rings. The highest BCUT2D eigenvalue weighted by Gasteiger charge is 2.10. The van der Waals surface area contributed by atoms with Gasteiger partial charge in [-0.3, -0.25) is 4.79 Å². The molecule has 17 heavy (non-hydrogen) atoms. The molecule has 0 saturated carbocycles. The van der Waals surface area contributed by atoms with E-state index in [2.05, 4.69) is 10.5 Å². The topological polar surface area (TPSA) is 68.3 Å². The summed E-state index contributed by atoms with van der Waals surface area (Å²) < 4.78 is 10.2. The van der Waals surface area contributed by atoms with Crippen molar-refractivity contribution >= 4 is 5.91 Å². The number of nitrogens with zero attached hydrogens (tertiary/aromatic N) is 1. The highest BCUT2D eigenvalue weighted by atomic mass is 16.5. The van der Waals surface area contributed by atoms with Gasteiger partial charge in [0.25, 0.3) is 5.91 Å². The van der Waals surface area contributed by atoms with Gasteiger partial charge in [-0.2, -0.15) is 0 Å². The third-order valence-corrected chi connectivity index (χ3v) is 2.31. The van der Waals surface area contributed by atoms with Crippen LogP contribution in [0.5, 0.6) is 0 Å². The zero-order valence-electron chi connectivity index (χ0n) is 9.82. The molecule has 0 atom stereocenters. The maximum absolute atomic E-state index is 11.6. The average Bonchev–Trinajstić information content (AvgIpc) is 2.88. The van der Waals surface area contributed by atoms with Gasteiger partial charge in [-0.15, -0.1) is 0 Å². The van der Waals surface area contributed by atoms with Gasteiger partial charge in [-0.25, -0.2) is 0 Å². The fourth-order valence-corrected chi connectivity index (χ4v) is 1.48. The third-order valence-electron chi connectivity index (χ3n) is 2.31. The molecule has 2 rings (SSSR count). The molecule has 0 unspecified atom stereocenters. The van der Waals surface area contributed by atoms with Crippen LogP contribution in [-0.4, -0.2) is 17.6 Å². The minimum absolute atomic E-state index is 0.231. The summed E-state index contributed by atoms with van der Waals surface area (Å²) in [5.74, 6) is 2.12. The Morgan fingerprint density at radius 3 is 2.76 bits per heavy atom. The largest absolute Gasteiger partial charge is 0.466 e. The third kappa shape index (κ3) is 2.96. The van der Waals surface area contributed by atoms with Crippen molar-refractivity contribution in [2.24, 2.45) is 0 Å². The van der Waals surface area contributed by atoms with Gasteiger partial charge >= 0.3 is 0 Å². The first-order valence-electron chi connectivity index (χ1n) is 5.42. The van der Waals surface area contributed by atoms with E-state index in [1.807, 2.05) is 19.1 Å². The van der Waals surface area contributed by atoms with Crippen LogP contribution in [0.4, 0.5) is 0 Å². The van der Waals surface area contributed by atoms with Crippen LogP contribution >= 0.6 is 0 Å². The van der Waals surface area contributed by atoms with E-state index in [1.54, 1.807) is 13.0 Å². The molecule has 2 aromatic heterocycles. The van der Waals surface area contributed by atoms with E-state index in [9.17, 15) is 4.79 Å². The fourth-order valence-electron chi connectivity index (χ4n) is 1.48. The Morgan fingerprint density at radius 2 is 2.18 bits per heavy atom. The van der Waals surface area contributed by atoms with E-state index < -0.39 is 0 Å². The molecule has 2 heterocycles. The first-order valence-corrected chi connectivity index (χ1v) is 5.42. The molecule has 0 aliphatic rings. The van der Waals surface area contributed by atoms with Crippen LogP contribution in [0.15, 0.2) is 27.1 Å². The highest BCUT2D eigenvalue weighted by Crippen LogP contribution is 2.06. The van der Waals surface area contributed by atoms with E-state index in [4.69, 9.17) is 8.94 Å². The predicted molar refractivity (Wildman–Crippen MR) is 60.7 cm³/mol. The summed E-state index contributed by atoms with van der Waals surface area (Å²) in [7, 11) is 0. The summed E-state index contributed by atoms with van der Waals surface area (Å²) in [6.07, 6.45) is 0.663. The lowest BCUT2D eigenvalue weighted by atomic mass is 10.3. The lowest BCUT2D eigenvalue weighted by molar-refractivity contribution is 0.0944. The monoisotopic (exact) mass is 234 g/mol. The Labute approximate surface area is 98.8 Å². The Balaban J connectivity index is 1.81. The van der Waals surface area contributed by atoms with Gasteiger partial charge in [0.15, 0.2) is 5.69 Å². The minimum atomic E-state index is -0.231. The van der Waals surface area contributed by atoms with Crippen LogP contribution in [0.1, 0.15) is 27.8 Å². The number of amides is 1. The normalized spacial score (nSPS) is 10.5. The molecular weight excluding hydrogens is 220 g/mol. The fraction of sp³-hybridized carbons (Fsp3) is 0.333. The molecule has 0 aromatic carbocycles. The molecule has 0 aliphatic carbocycles. The standard InChI is InChI=1S/C12H14N2O3/c1-8-3-4-10(16-8)5-6-13-12(15)11-7-9(2)17-14-11/h3-4,7H,5-6H2,1-2H3,(H,13,15). The van der Waals surface area contributed by atoms with Gasteiger partial charge in [0.05, 0.1) is 0 Å². The van der Waals surface area contributed by atoms with Gasteiger partial charge in [-0.1, -0.05) is 5.16 Å². The molecule has 2 aromatic rings. The lowest BCUT2D eigenvalue weighted by Gasteiger charge is -2.00. The number of hydrogen-bond acceptors (Lipinski definition) is 4. The van der Waals surface area contributed by atoms with Crippen LogP contribution in [0.2, 0.25) is 0 Å². The Hall–Kier alpha value is -2.04. The van der Waals surface area contributed by atoms with Gasteiger partial charge in [0, 0.05) is 19.0 Å². The molecule has 0 saturated heterocycles. The molecular formula is C12H14N2O3. The smallest absolute Gasteiger partial charge is 0.273 e.